The van der Waals surface area contributed by atoms with Crippen LogP contribution in [0.25, 0.3) is 0 Å². The van der Waals surface area contributed by atoms with Gasteiger partial charge in [0, 0.05) is 32.1 Å². The number of halogens is 1. The Morgan fingerprint density at radius 2 is 1.72 bits per heavy atom. The normalized spacial score (nSPS) is 10.3. The van der Waals surface area contributed by atoms with Crippen LogP contribution in [-0.2, 0) is 9.59 Å². The van der Waals surface area contributed by atoms with E-state index in [9.17, 15) is 18.8 Å². The van der Waals surface area contributed by atoms with Crippen molar-refractivity contribution in [3.8, 4) is 0 Å². The van der Waals surface area contributed by atoms with Crippen molar-refractivity contribution in [1.82, 2.24) is 15.6 Å². The van der Waals surface area contributed by atoms with Gasteiger partial charge in [0.2, 0.25) is 11.9 Å². The molecule has 0 bridgehead atoms. The predicted molar refractivity (Wildman–Crippen MR) is 92.5 cm³/mol. The number of aldehydes is 1. The first-order valence-corrected chi connectivity index (χ1v) is 8.73. The van der Waals surface area contributed by atoms with Gasteiger partial charge in [-0.1, -0.05) is 12.8 Å². The standard InChI is InChI=1S/C18H26FN3O3/c19-16-10-9-15(14-22-16)18(25)21-12-6-3-4-8-17(24)20-11-5-1-2-7-13-23/h9-10,13-14H,1-8,11-12H2,(H,20,24)(H,21,25). The summed E-state index contributed by atoms with van der Waals surface area (Å²) >= 11 is 0. The highest BCUT2D eigenvalue weighted by atomic mass is 19.1. The number of unbranched alkanes of at least 4 members (excludes halogenated alkanes) is 5. The van der Waals surface area contributed by atoms with E-state index >= 15 is 0 Å². The zero-order valence-corrected chi connectivity index (χ0v) is 14.4. The van der Waals surface area contributed by atoms with E-state index in [1.807, 2.05) is 0 Å². The molecule has 0 saturated carbocycles. The minimum atomic E-state index is -0.615. The highest BCUT2D eigenvalue weighted by Gasteiger charge is 2.05. The molecule has 7 heteroatoms. The number of hydrogen-bond acceptors (Lipinski definition) is 4. The van der Waals surface area contributed by atoms with Gasteiger partial charge in [-0.15, -0.1) is 0 Å². The quantitative estimate of drug-likeness (QED) is 0.324. The Morgan fingerprint density at radius 3 is 2.40 bits per heavy atom. The van der Waals surface area contributed by atoms with Gasteiger partial charge in [-0.05, 0) is 37.8 Å². The first-order chi connectivity index (χ1) is 12.1. The molecule has 0 spiro atoms. The van der Waals surface area contributed by atoms with Gasteiger partial charge in [0.15, 0.2) is 0 Å². The lowest BCUT2D eigenvalue weighted by atomic mass is 10.1. The summed E-state index contributed by atoms with van der Waals surface area (Å²) in [6.45, 7) is 1.16. The van der Waals surface area contributed by atoms with Crippen LogP contribution in [0.15, 0.2) is 18.3 Å². The Hall–Kier alpha value is -2.31. The second-order valence-electron chi connectivity index (χ2n) is 5.80. The molecule has 6 nitrogen and oxygen atoms in total. The van der Waals surface area contributed by atoms with Crippen LogP contribution in [0.5, 0.6) is 0 Å². The molecule has 2 N–H and O–H groups in total. The van der Waals surface area contributed by atoms with E-state index in [4.69, 9.17) is 0 Å². The molecule has 0 aromatic carbocycles. The molecule has 0 radical (unpaired) electrons. The third kappa shape index (κ3) is 10.2. The Bertz CT molecular complexity index is 535. The third-order valence-electron chi connectivity index (χ3n) is 3.68. The van der Waals surface area contributed by atoms with Crippen LogP contribution in [0.2, 0.25) is 0 Å². The van der Waals surface area contributed by atoms with E-state index in [2.05, 4.69) is 15.6 Å². The lowest BCUT2D eigenvalue weighted by molar-refractivity contribution is -0.121. The molecule has 0 aliphatic heterocycles. The Labute approximate surface area is 147 Å². The lowest BCUT2D eigenvalue weighted by Crippen LogP contribution is -2.25. The van der Waals surface area contributed by atoms with Crippen molar-refractivity contribution in [3.05, 3.63) is 29.8 Å². The first-order valence-electron chi connectivity index (χ1n) is 8.73. The molecule has 1 aromatic rings. The molecule has 0 unspecified atom stereocenters. The zero-order valence-electron chi connectivity index (χ0n) is 14.4. The van der Waals surface area contributed by atoms with Crippen molar-refractivity contribution in [3.63, 3.8) is 0 Å². The summed E-state index contributed by atoms with van der Waals surface area (Å²) in [4.78, 5) is 36.9. The molecule has 0 fully saturated rings. The van der Waals surface area contributed by atoms with Gasteiger partial charge in [0.1, 0.15) is 6.29 Å². The van der Waals surface area contributed by atoms with Gasteiger partial charge in [-0.25, -0.2) is 4.98 Å². The molecule has 138 valence electrons. The Balaban J connectivity index is 1.97. The second-order valence-corrected chi connectivity index (χ2v) is 5.80. The highest BCUT2D eigenvalue weighted by Crippen LogP contribution is 2.02. The fourth-order valence-corrected chi connectivity index (χ4v) is 2.25. The number of amides is 2. The molecule has 0 saturated heterocycles. The number of carbonyl (C=O) groups is 3. The number of carbonyl (C=O) groups excluding carboxylic acids is 3. The summed E-state index contributed by atoms with van der Waals surface area (Å²) in [5, 5.41) is 5.60. The number of nitrogens with one attached hydrogen (secondary N) is 2. The maximum Gasteiger partial charge on any atom is 0.252 e. The maximum atomic E-state index is 12.7. The predicted octanol–water partition coefficient (Wildman–Crippen LogP) is 2.39. The third-order valence-corrected chi connectivity index (χ3v) is 3.68. The van der Waals surface area contributed by atoms with Gasteiger partial charge in [-0.3, -0.25) is 9.59 Å². The Kier molecular flexibility index (Phi) is 10.8. The van der Waals surface area contributed by atoms with Crippen molar-refractivity contribution in [2.45, 2.75) is 51.4 Å². The summed E-state index contributed by atoms with van der Waals surface area (Å²) in [5.41, 5.74) is 0.328. The molecule has 0 atom stereocenters. The summed E-state index contributed by atoms with van der Waals surface area (Å²) in [7, 11) is 0. The van der Waals surface area contributed by atoms with Crippen LogP contribution in [-0.4, -0.2) is 36.2 Å². The number of nitrogens with zero attached hydrogens (tertiary/aromatic N) is 1. The molecular weight excluding hydrogens is 325 g/mol. The van der Waals surface area contributed by atoms with Crippen LogP contribution in [0.1, 0.15) is 61.7 Å². The van der Waals surface area contributed by atoms with Crippen LogP contribution in [0, 0.1) is 5.95 Å². The van der Waals surface area contributed by atoms with E-state index < -0.39 is 5.95 Å². The number of rotatable bonds is 13. The molecule has 25 heavy (non-hydrogen) atoms. The van der Waals surface area contributed by atoms with Crippen LogP contribution in [0.3, 0.4) is 0 Å². The van der Waals surface area contributed by atoms with E-state index in [1.165, 1.54) is 12.3 Å². The maximum absolute atomic E-state index is 12.7. The number of hydrogen-bond donors (Lipinski definition) is 2. The smallest absolute Gasteiger partial charge is 0.252 e. The largest absolute Gasteiger partial charge is 0.356 e. The molecular formula is C18H26FN3O3. The fourth-order valence-electron chi connectivity index (χ4n) is 2.25. The zero-order chi connectivity index (χ0) is 18.3. The van der Waals surface area contributed by atoms with Crippen LogP contribution >= 0.6 is 0 Å². The summed E-state index contributed by atoms with van der Waals surface area (Å²) in [5.74, 6) is -0.854. The molecule has 1 heterocycles. The van der Waals surface area contributed by atoms with Crippen molar-refractivity contribution in [2.75, 3.05) is 13.1 Å². The highest BCUT2D eigenvalue weighted by molar-refractivity contribution is 5.93. The lowest BCUT2D eigenvalue weighted by Gasteiger charge is -2.06. The molecule has 0 aliphatic carbocycles. The van der Waals surface area contributed by atoms with E-state index in [0.717, 1.165) is 50.9 Å². The number of pyridine rings is 1. The van der Waals surface area contributed by atoms with Crippen molar-refractivity contribution >= 4 is 18.1 Å². The van der Waals surface area contributed by atoms with Gasteiger partial charge in [-0.2, -0.15) is 4.39 Å². The summed E-state index contributed by atoms with van der Waals surface area (Å²) in [6.07, 6.45) is 8.28. The second kappa shape index (κ2) is 13.0. The van der Waals surface area contributed by atoms with Gasteiger partial charge in [0.05, 0.1) is 5.56 Å². The van der Waals surface area contributed by atoms with Gasteiger partial charge in [0.25, 0.3) is 5.91 Å². The topological polar surface area (TPSA) is 88.2 Å². The van der Waals surface area contributed by atoms with Gasteiger partial charge >= 0.3 is 0 Å². The van der Waals surface area contributed by atoms with Gasteiger partial charge < -0.3 is 15.4 Å². The first kappa shape index (κ1) is 20.7. The van der Waals surface area contributed by atoms with Crippen molar-refractivity contribution in [2.24, 2.45) is 0 Å². The minimum absolute atomic E-state index is 0.0387. The van der Waals surface area contributed by atoms with Crippen LogP contribution < -0.4 is 10.6 Å². The molecule has 0 aliphatic rings. The number of aromatic nitrogens is 1. The van der Waals surface area contributed by atoms with Crippen LogP contribution in [0.4, 0.5) is 4.39 Å². The SMILES string of the molecule is O=CCCCCCNC(=O)CCCCCNC(=O)c1ccc(F)nc1. The summed E-state index contributed by atoms with van der Waals surface area (Å²) in [6, 6.07) is 2.54. The molecule has 1 rings (SSSR count). The average molecular weight is 351 g/mol. The Morgan fingerprint density at radius 1 is 1.00 bits per heavy atom. The summed E-state index contributed by atoms with van der Waals surface area (Å²) < 4.78 is 12.7. The van der Waals surface area contributed by atoms with E-state index in [1.54, 1.807) is 0 Å². The van der Waals surface area contributed by atoms with Crippen molar-refractivity contribution in [1.29, 1.82) is 0 Å². The monoisotopic (exact) mass is 351 g/mol. The van der Waals surface area contributed by atoms with Crippen molar-refractivity contribution < 1.29 is 18.8 Å². The fraction of sp³-hybridized carbons (Fsp3) is 0.556. The minimum Gasteiger partial charge on any atom is -0.356 e. The average Bonchev–Trinajstić information content (AvgIpc) is 2.61. The molecule has 2 amide bonds. The van der Waals surface area contributed by atoms with E-state index in [0.29, 0.717) is 31.5 Å². The molecule has 1 aromatic heterocycles. The van der Waals surface area contributed by atoms with E-state index in [-0.39, 0.29) is 11.8 Å².